The molecule has 3 nitrogen and oxygen atoms in total. The molecule has 0 aromatic heterocycles. The number of hydrogen-bond donors (Lipinski definition) is 1. The van der Waals surface area contributed by atoms with Gasteiger partial charge in [-0.1, -0.05) is 20.8 Å². The molecule has 0 aliphatic heterocycles. The average Bonchev–Trinajstić information content (AvgIpc) is 1.98. The van der Waals surface area contributed by atoms with E-state index in [1.54, 1.807) is 0 Å². The van der Waals surface area contributed by atoms with Crippen LogP contribution in [0, 0.1) is 11.8 Å². The number of azo groups is 1. The molecule has 0 spiro atoms. The largest absolute Gasteiger partial charge is 0.370 e. The molecule has 0 saturated heterocycles. The molecule has 0 radical (unpaired) electrons. The lowest BCUT2D eigenvalue weighted by Gasteiger charge is -2.17. The fourth-order valence-electron chi connectivity index (χ4n) is 0.651. The van der Waals surface area contributed by atoms with Gasteiger partial charge in [-0.25, -0.2) is 0 Å². The predicted molar refractivity (Wildman–Crippen MR) is 50.0 cm³/mol. The molecule has 0 saturated carbocycles. The van der Waals surface area contributed by atoms with Crippen LogP contribution in [0.5, 0.6) is 0 Å². The number of hydrogen-bond acceptors (Lipinski definition) is 3. The lowest BCUT2D eigenvalue weighted by Crippen LogP contribution is -2.19. The van der Waals surface area contributed by atoms with Crippen molar-refractivity contribution in [3.8, 4) is 0 Å². The van der Waals surface area contributed by atoms with Gasteiger partial charge < -0.3 is 5.11 Å². The second-order valence-electron chi connectivity index (χ2n) is 3.84. The topological polar surface area (TPSA) is 45.0 Å². The van der Waals surface area contributed by atoms with E-state index in [9.17, 15) is 5.11 Å². The molecule has 2 atom stereocenters. The summed E-state index contributed by atoms with van der Waals surface area (Å²) in [5, 5.41) is 17.2. The van der Waals surface area contributed by atoms with Crippen LogP contribution in [0.15, 0.2) is 10.2 Å². The van der Waals surface area contributed by atoms with Gasteiger partial charge in [0.2, 0.25) is 0 Å². The molecule has 0 amide bonds. The molecule has 72 valence electrons. The molecule has 12 heavy (non-hydrogen) atoms. The van der Waals surface area contributed by atoms with E-state index in [-0.39, 0.29) is 12.0 Å². The summed E-state index contributed by atoms with van der Waals surface area (Å²) in [5.41, 5.74) is 0. The molecule has 1 N–H and O–H groups in total. The minimum atomic E-state index is -0.646. The first-order chi connectivity index (χ1) is 5.45. The van der Waals surface area contributed by atoms with Crippen molar-refractivity contribution in [3.05, 3.63) is 0 Å². The summed E-state index contributed by atoms with van der Waals surface area (Å²) >= 11 is 0. The highest BCUT2D eigenvalue weighted by Crippen LogP contribution is 2.15. The van der Waals surface area contributed by atoms with E-state index < -0.39 is 6.23 Å². The third-order valence-corrected chi connectivity index (χ3v) is 1.94. The van der Waals surface area contributed by atoms with Gasteiger partial charge in [-0.05, 0) is 19.8 Å². The first-order valence-corrected chi connectivity index (χ1v) is 4.53. The van der Waals surface area contributed by atoms with E-state index in [1.807, 2.05) is 20.8 Å². The highest BCUT2D eigenvalue weighted by atomic mass is 16.3. The molecule has 0 aliphatic carbocycles. The van der Waals surface area contributed by atoms with Crippen molar-refractivity contribution in [1.82, 2.24) is 0 Å². The Morgan fingerprint density at radius 1 is 0.917 bits per heavy atom. The summed E-state index contributed by atoms with van der Waals surface area (Å²) in [6, 6.07) is 0.166. The van der Waals surface area contributed by atoms with Crippen molar-refractivity contribution in [1.29, 1.82) is 0 Å². The Kier molecular flexibility index (Phi) is 5.06. The zero-order valence-corrected chi connectivity index (χ0v) is 8.65. The van der Waals surface area contributed by atoms with Gasteiger partial charge in [-0.3, -0.25) is 0 Å². The molecule has 0 heterocycles. The fourth-order valence-corrected chi connectivity index (χ4v) is 0.651. The van der Waals surface area contributed by atoms with Gasteiger partial charge in [0.25, 0.3) is 0 Å². The Morgan fingerprint density at radius 2 is 1.42 bits per heavy atom. The van der Waals surface area contributed by atoms with E-state index >= 15 is 0 Å². The minimum absolute atomic E-state index is 0.166. The smallest absolute Gasteiger partial charge is 0.168 e. The molecule has 2 unspecified atom stereocenters. The highest BCUT2D eigenvalue weighted by molar-refractivity contribution is 4.64. The van der Waals surface area contributed by atoms with Gasteiger partial charge in [0, 0.05) is 5.92 Å². The highest BCUT2D eigenvalue weighted by Gasteiger charge is 2.16. The fraction of sp³-hybridized carbons (Fsp3) is 1.00. The van der Waals surface area contributed by atoms with Crippen LogP contribution in [0.25, 0.3) is 0 Å². The van der Waals surface area contributed by atoms with Gasteiger partial charge >= 0.3 is 0 Å². The summed E-state index contributed by atoms with van der Waals surface area (Å²) in [7, 11) is 0. The van der Waals surface area contributed by atoms with E-state index in [0.29, 0.717) is 5.92 Å². The number of aliphatic hydroxyl groups is 1. The van der Waals surface area contributed by atoms with Crippen LogP contribution >= 0.6 is 0 Å². The van der Waals surface area contributed by atoms with Gasteiger partial charge in [0.1, 0.15) is 0 Å². The Balaban J connectivity index is 3.94. The first-order valence-electron chi connectivity index (χ1n) is 4.53. The third-order valence-electron chi connectivity index (χ3n) is 1.94. The molecule has 0 fully saturated rings. The normalized spacial score (nSPS) is 17.7. The SMILES string of the molecule is CC(C)N=NC(O)C(C)C(C)C. The van der Waals surface area contributed by atoms with E-state index in [4.69, 9.17) is 0 Å². The van der Waals surface area contributed by atoms with Gasteiger partial charge in [-0.15, -0.1) is 0 Å². The molecule has 0 bridgehead atoms. The Bertz CT molecular complexity index is 143. The van der Waals surface area contributed by atoms with E-state index in [2.05, 4.69) is 24.1 Å². The maximum atomic E-state index is 9.48. The second kappa shape index (κ2) is 5.25. The Hall–Kier alpha value is -0.440. The molecular weight excluding hydrogens is 152 g/mol. The van der Waals surface area contributed by atoms with Crippen LogP contribution in [0.1, 0.15) is 34.6 Å². The Morgan fingerprint density at radius 3 is 1.75 bits per heavy atom. The molecule has 0 rings (SSSR count). The summed E-state index contributed by atoms with van der Waals surface area (Å²) < 4.78 is 0. The van der Waals surface area contributed by atoms with Crippen LogP contribution < -0.4 is 0 Å². The molecule has 0 aromatic rings. The summed E-state index contributed by atoms with van der Waals surface area (Å²) in [5.74, 6) is 0.610. The summed E-state index contributed by atoms with van der Waals surface area (Å²) in [4.78, 5) is 0. The lowest BCUT2D eigenvalue weighted by molar-refractivity contribution is 0.0919. The average molecular weight is 172 g/mol. The maximum Gasteiger partial charge on any atom is 0.168 e. The maximum absolute atomic E-state index is 9.48. The first kappa shape index (κ1) is 11.6. The quantitative estimate of drug-likeness (QED) is 0.650. The van der Waals surface area contributed by atoms with Crippen molar-refractivity contribution in [2.75, 3.05) is 0 Å². The second-order valence-corrected chi connectivity index (χ2v) is 3.84. The van der Waals surface area contributed by atoms with Crippen LogP contribution in [0.3, 0.4) is 0 Å². The summed E-state index contributed by atoms with van der Waals surface area (Å²) in [6.45, 7) is 10.00. The van der Waals surface area contributed by atoms with E-state index in [1.165, 1.54) is 0 Å². The number of nitrogens with zero attached hydrogens (tertiary/aromatic N) is 2. The number of rotatable bonds is 4. The standard InChI is InChI=1S/C9H20N2O/c1-6(2)8(5)9(12)11-10-7(3)4/h6-9,12H,1-5H3. The van der Waals surface area contributed by atoms with Crippen molar-refractivity contribution in [3.63, 3.8) is 0 Å². The van der Waals surface area contributed by atoms with Crippen LogP contribution in [-0.4, -0.2) is 17.4 Å². The molecule has 3 heteroatoms. The van der Waals surface area contributed by atoms with Crippen molar-refractivity contribution in [2.24, 2.45) is 22.1 Å². The molecule has 0 aliphatic rings. The molecular formula is C9H20N2O. The van der Waals surface area contributed by atoms with Crippen LogP contribution in [0.4, 0.5) is 0 Å². The zero-order valence-electron chi connectivity index (χ0n) is 8.65. The van der Waals surface area contributed by atoms with Gasteiger partial charge in [0.05, 0.1) is 6.04 Å². The van der Waals surface area contributed by atoms with Crippen molar-refractivity contribution >= 4 is 0 Å². The minimum Gasteiger partial charge on any atom is -0.370 e. The van der Waals surface area contributed by atoms with Crippen molar-refractivity contribution < 1.29 is 5.11 Å². The predicted octanol–water partition coefficient (Wildman–Crippen LogP) is 2.46. The van der Waals surface area contributed by atoms with Crippen LogP contribution in [-0.2, 0) is 0 Å². The zero-order chi connectivity index (χ0) is 9.72. The lowest BCUT2D eigenvalue weighted by atomic mass is 9.97. The molecule has 0 aromatic carbocycles. The van der Waals surface area contributed by atoms with Gasteiger partial charge in [0.15, 0.2) is 6.23 Å². The third kappa shape index (κ3) is 4.44. The number of aliphatic hydroxyl groups excluding tert-OH is 1. The summed E-state index contributed by atoms with van der Waals surface area (Å²) in [6.07, 6.45) is -0.646. The Labute approximate surface area is 74.9 Å². The van der Waals surface area contributed by atoms with E-state index in [0.717, 1.165) is 0 Å². The van der Waals surface area contributed by atoms with Crippen molar-refractivity contribution in [2.45, 2.75) is 46.9 Å². The monoisotopic (exact) mass is 172 g/mol. The van der Waals surface area contributed by atoms with Crippen LogP contribution in [0.2, 0.25) is 0 Å². The van der Waals surface area contributed by atoms with Gasteiger partial charge in [-0.2, -0.15) is 10.2 Å².